The minimum Gasteiger partial charge on any atom is -0.378 e. The first-order chi connectivity index (χ1) is 14.7. The summed E-state index contributed by atoms with van der Waals surface area (Å²) in [5, 5.41) is 10.6. The van der Waals surface area contributed by atoms with Gasteiger partial charge in [0.25, 0.3) is 5.56 Å². The van der Waals surface area contributed by atoms with Gasteiger partial charge in [0.05, 0.1) is 12.9 Å². The lowest BCUT2D eigenvalue weighted by atomic mass is 10.0. The fourth-order valence-electron chi connectivity index (χ4n) is 3.92. The van der Waals surface area contributed by atoms with Gasteiger partial charge in [-0.05, 0) is 33.2 Å². The normalized spacial score (nSPS) is 17.5. The lowest BCUT2D eigenvalue weighted by molar-refractivity contribution is 0.107. The molecule has 3 heterocycles. The molecule has 31 heavy (non-hydrogen) atoms. The molecule has 1 fully saturated rings. The number of hydrogen-bond acceptors (Lipinski definition) is 6. The van der Waals surface area contributed by atoms with E-state index >= 15 is 0 Å². The average molecular weight is 431 g/mol. The molecule has 1 saturated heterocycles. The van der Waals surface area contributed by atoms with Gasteiger partial charge in [-0.1, -0.05) is 18.8 Å². The molecule has 1 N–H and O–H groups in total. The molecule has 0 radical (unpaired) electrons. The number of hydrogen-bond donors (Lipinski definition) is 1. The van der Waals surface area contributed by atoms with Crippen LogP contribution in [0.4, 0.5) is 0 Å². The summed E-state index contributed by atoms with van der Waals surface area (Å²) in [5.41, 5.74) is -1.02. The topological polar surface area (TPSA) is 88.5 Å². The number of likely N-dealkylation sites (N-methyl/N-ethyl adjacent to an activating group) is 1. The molecule has 1 aliphatic rings. The van der Waals surface area contributed by atoms with Crippen LogP contribution in [0.15, 0.2) is 15.9 Å². The minimum atomic E-state index is -1.16. The summed E-state index contributed by atoms with van der Waals surface area (Å²) < 4.78 is 4.45. The first kappa shape index (κ1) is 23.3. The van der Waals surface area contributed by atoms with Crippen molar-refractivity contribution in [2.24, 2.45) is 7.05 Å². The maximum atomic E-state index is 13.0. The van der Waals surface area contributed by atoms with Gasteiger partial charge in [-0.25, -0.2) is 9.78 Å². The van der Waals surface area contributed by atoms with E-state index in [-0.39, 0.29) is 17.8 Å². The first-order valence-corrected chi connectivity index (χ1v) is 11.0. The Balaban J connectivity index is 1.66. The van der Waals surface area contributed by atoms with E-state index in [1.165, 1.54) is 9.13 Å². The highest BCUT2D eigenvalue weighted by molar-refractivity contribution is 5.69. The third-order valence-electron chi connectivity index (χ3n) is 5.87. The van der Waals surface area contributed by atoms with Crippen LogP contribution < -0.4 is 11.2 Å². The van der Waals surface area contributed by atoms with Crippen molar-refractivity contribution in [3.8, 4) is 11.8 Å². The summed E-state index contributed by atoms with van der Waals surface area (Å²) in [4.78, 5) is 34.5. The van der Waals surface area contributed by atoms with E-state index in [9.17, 15) is 14.7 Å². The van der Waals surface area contributed by atoms with Crippen molar-refractivity contribution >= 4 is 11.2 Å². The Bertz CT molecular complexity index is 1080. The highest BCUT2D eigenvalue weighted by Gasteiger charge is 2.19. The van der Waals surface area contributed by atoms with Crippen molar-refractivity contribution < 1.29 is 5.11 Å². The van der Waals surface area contributed by atoms with Gasteiger partial charge in [0.15, 0.2) is 11.2 Å². The number of fused-ring (bicyclic) bond motifs is 1. The largest absolute Gasteiger partial charge is 0.378 e. The Hall–Kier alpha value is -2.41. The summed E-state index contributed by atoms with van der Waals surface area (Å²) in [6, 6.07) is 0. The van der Waals surface area contributed by atoms with Crippen molar-refractivity contribution in [2.75, 3.05) is 39.8 Å². The van der Waals surface area contributed by atoms with Crippen LogP contribution in [0.5, 0.6) is 0 Å². The maximum Gasteiger partial charge on any atom is 0.332 e. The average Bonchev–Trinajstić information content (AvgIpc) is 3.14. The van der Waals surface area contributed by atoms with Crippen LogP contribution in [0.25, 0.3) is 11.2 Å². The second-order valence-electron chi connectivity index (χ2n) is 8.67. The van der Waals surface area contributed by atoms with Gasteiger partial charge in [-0.2, -0.15) is 0 Å². The Morgan fingerprint density at radius 3 is 2.55 bits per heavy atom. The van der Waals surface area contributed by atoms with Crippen molar-refractivity contribution in [1.82, 2.24) is 28.5 Å². The second kappa shape index (κ2) is 9.81. The van der Waals surface area contributed by atoms with E-state index in [2.05, 4.69) is 33.7 Å². The predicted octanol–water partition coefficient (Wildman–Crippen LogP) is 0.0887. The molecule has 2 aromatic heterocycles. The number of aliphatic hydroxyl groups is 1. The zero-order valence-electron chi connectivity index (χ0n) is 19.1. The van der Waals surface area contributed by atoms with Gasteiger partial charge in [0.2, 0.25) is 0 Å². The van der Waals surface area contributed by atoms with Crippen molar-refractivity contribution in [3.05, 3.63) is 27.2 Å². The van der Waals surface area contributed by atoms with E-state index in [0.717, 1.165) is 32.6 Å². The molecule has 9 heteroatoms. The third-order valence-corrected chi connectivity index (χ3v) is 5.87. The maximum absolute atomic E-state index is 13.0. The molecule has 1 aliphatic heterocycles. The molecule has 1 unspecified atom stereocenters. The van der Waals surface area contributed by atoms with E-state index in [0.29, 0.717) is 37.1 Å². The third kappa shape index (κ3) is 5.45. The molecule has 0 spiro atoms. The minimum absolute atomic E-state index is 0.231. The molecule has 0 aromatic carbocycles. The zero-order valence-corrected chi connectivity index (χ0v) is 19.1. The van der Waals surface area contributed by atoms with E-state index < -0.39 is 5.60 Å². The quantitative estimate of drug-likeness (QED) is 0.627. The summed E-state index contributed by atoms with van der Waals surface area (Å²) in [6.45, 7) is 9.28. The van der Waals surface area contributed by atoms with Gasteiger partial charge in [-0.3, -0.25) is 18.8 Å². The number of piperazine rings is 1. The molecule has 3 rings (SSSR count). The number of rotatable bonds is 7. The zero-order chi connectivity index (χ0) is 22.6. The second-order valence-corrected chi connectivity index (χ2v) is 8.67. The van der Waals surface area contributed by atoms with Crippen molar-refractivity contribution in [2.45, 2.75) is 51.8 Å². The number of imidazole rings is 1. The highest BCUT2D eigenvalue weighted by atomic mass is 16.3. The molecular formula is C22H34N6O3. The van der Waals surface area contributed by atoms with Crippen molar-refractivity contribution in [3.63, 3.8) is 0 Å². The standard InChI is InChI=1S/C22H34N6O3/c1-5-10-27-17-23-19-18(27)20(29)28(21(30)25(19)4)12-7-9-22(2,31)8-6-11-26-15-13-24(3)14-16-26/h17,31H,5,7,9-16H2,1-4H3. The molecule has 2 aromatic rings. The number of aromatic nitrogens is 4. The Kier molecular flexibility index (Phi) is 7.36. The Morgan fingerprint density at radius 1 is 1.16 bits per heavy atom. The van der Waals surface area contributed by atoms with Crippen LogP contribution in [-0.2, 0) is 20.1 Å². The fraction of sp³-hybridized carbons (Fsp3) is 0.682. The van der Waals surface area contributed by atoms with Crippen LogP contribution in [0.3, 0.4) is 0 Å². The molecule has 170 valence electrons. The summed E-state index contributed by atoms with van der Waals surface area (Å²) >= 11 is 0. The van der Waals surface area contributed by atoms with E-state index in [1.807, 2.05) is 6.92 Å². The smallest absolute Gasteiger partial charge is 0.332 e. The van der Waals surface area contributed by atoms with Gasteiger partial charge in [0, 0.05) is 46.3 Å². The lowest BCUT2D eigenvalue weighted by Crippen LogP contribution is -2.44. The molecule has 9 nitrogen and oxygen atoms in total. The number of aryl methyl sites for hydroxylation is 2. The molecular weight excluding hydrogens is 396 g/mol. The van der Waals surface area contributed by atoms with Crippen LogP contribution in [0, 0.1) is 11.8 Å². The molecule has 1 atom stereocenters. The van der Waals surface area contributed by atoms with Gasteiger partial charge < -0.3 is 14.6 Å². The molecule has 0 aliphatic carbocycles. The molecule has 0 saturated carbocycles. The lowest BCUT2D eigenvalue weighted by Gasteiger charge is -2.30. The van der Waals surface area contributed by atoms with E-state index in [4.69, 9.17) is 0 Å². The van der Waals surface area contributed by atoms with Crippen molar-refractivity contribution in [1.29, 1.82) is 0 Å². The van der Waals surface area contributed by atoms with Gasteiger partial charge in [-0.15, -0.1) is 0 Å². The molecule has 0 amide bonds. The van der Waals surface area contributed by atoms with Crippen LogP contribution >= 0.6 is 0 Å². The van der Waals surface area contributed by atoms with Crippen LogP contribution in [0.1, 0.15) is 33.1 Å². The summed E-state index contributed by atoms with van der Waals surface area (Å²) in [5.74, 6) is 6.06. The Labute approximate surface area is 182 Å². The van der Waals surface area contributed by atoms with Gasteiger partial charge in [0.1, 0.15) is 5.60 Å². The first-order valence-electron chi connectivity index (χ1n) is 11.0. The van der Waals surface area contributed by atoms with Crippen LogP contribution in [-0.4, -0.2) is 79.0 Å². The van der Waals surface area contributed by atoms with Crippen LogP contribution in [0.2, 0.25) is 0 Å². The highest BCUT2D eigenvalue weighted by Crippen LogP contribution is 2.12. The summed E-state index contributed by atoms with van der Waals surface area (Å²) in [7, 11) is 3.74. The number of nitrogens with zero attached hydrogens (tertiary/aromatic N) is 6. The monoisotopic (exact) mass is 430 g/mol. The summed E-state index contributed by atoms with van der Waals surface area (Å²) in [6.07, 6.45) is 3.33. The Morgan fingerprint density at radius 2 is 1.87 bits per heavy atom. The van der Waals surface area contributed by atoms with Gasteiger partial charge >= 0.3 is 5.69 Å². The van der Waals surface area contributed by atoms with E-state index in [1.54, 1.807) is 24.9 Å². The molecule has 0 bridgehead atoms. The predicted molar refractivity (Wildman–Crippen MR) is 121 cm³/mol. The fourth-order valence-corrected chi connectivity index (χ4v) is 3.92. The SMILES string of the molecule is CCCn1cnc2c1c(=O)n(CCCC(C)(O)C#CCN1CCN(C)CC1)c(=O)n2C.